The van der Waals surface area contributed by atoms with Crippen LogP contribution in [0.5, 0.6) is 0 Å². The number of unbranched alkanes of at least 4 members (excludes halogenated alkanes) is 1. The number of benzene rings is 1. The maximum Gasteiger partial charge on any atom is 0.254 e. The summed E-state index contributed by atoms with van der Waals surface area (Å²) in [5, 5.41) is 5.49. The van der Waals surface area contributed by atoms with Crippen LogP contribution in [0, 0.1) is 11.7 Å². The fourth-order valence-electron chi connectivity index (χ4n) is 3.33. The van der Waals surface area contributed by atoms with E-state index in [1.54, 1.807) is 18.4 Å². The molecule has 0 fully saturated rings. The van der Waals surface area contributed by atoms with Gasteiger partial charge in [0.15, 0.2) is 5.78 Å². The number of rotatable bonds is 14. The highest BCUT2D eigenvalue weighted by atomic mass is 32.2. The molecule has 2 unspecified atom stereocenters. The number of hydrogen-bond donors (Lipinski definition) is 2. The summed E-state index contributed by atoms with van der Waals surface area (Å²) in [5.41, 5.74) is -0.119. The van der Waals surface area contributed by atoms with Gasteiger partial charge in [0.1, 0.15) is 17.6 Å². The van der Waals surface area contributed by atoms with Crippen molar-refractivity contribution in [2.45, 2.75) is 64.3 Å². The van der Waals surface area contributed by atoms with E-state index >= 15 is 0 Å². The van der Waals surface area contributed by atoms with Crippen molar-refractivity contribution in [2.24, 2.45) is 5.92 Å². The van der Waals surface area contributed by atoms with Crippen molar-refractivity contribution >= 4 is 29.4 Å². The first-order valence-electron chi connectivity index (χ1n) is 11.3. The van der Waals surface area contributed by atoms with Crippen molar-refractivity contribution < 1.29 is 23.2 Å². The summed E-state index contributed by atoms with van der Waals surface area (Å²) < 4.78 is 19.3. The lowest BCUT2D eigenvalue weighted by molar-refractivity contribution is -0.128. The molecule has 2 N–H and O–H groups in total. The van der Waals surface area contributed by atoms with Crippen LogP contribution in [0.1, 0.15) is 62.6 Å². The molecule has 0 saturated heterocycles. The molecule has 2 atom stereocenters. The number of carbonyl (C=O) groups is 3. The van der Waals surface area contributed by atoms with Crippen molar-refractivity contribution in [1.82, 2.24) is 10.6 Å². The summed E-state index contributed by atoms with van der Waals surface area (Å²) in [6.45, 7) is 5.88. The third-order valence-electron chi connectivity index (χ3n) is 5.07. The van der Waals surface area contributed by atoms with E-state index in [4.69, 9.17) is 4.42 Å². The Hall–Kier alpha value is -2.61. The summed E-state index contributed by atoms with van der Waals surface area (Å²) in [6.07, 6.45) is 4.16. The predicted molar refractivity (Wildman–Crippen MR) is 128 cm³/mol. The van der Waals surface area contributed by atoms with Gasteiger partial charge in [-0.1, -0.05) is 45.7 Å². The molecule has 0 spiro atoms. The molecule has 2 aromatic rings. The molecule has 180 valence electrons. The Morgan fingerprint density at radius 2 is 1.82 bits per heavy atom. The molecule has 2 rings (SSSR count). The lowest BCUT2D eigenvalue weighted by Gasteiger charge is -2.24. The highest BCUT2D eigenvalue weighted by Crippen LogP contribution is 2.15. The third kappa shape index (κ3) is 9.04. The predicted octanol–water partition coefficient (Wildman–Crippen LogP) is 4.74. The fourth-order valence-corrected chi connectivity index (χ4v) is 4.20. The number of nitrogens with one attached hydrogen (secondary N) is 2. The molecule has 8 heteroatoms. The first-order valence-corrected chi connectivity index (χ1v) is 12.5. The molecule has 1 aromatic heterocycles. The van der Waals surface area contributed by atoms with Crippen LogP contribution in [-0.2, 0) is 15.3 Å². The lowest BCUT2D eigenvalue weighted by atomic mass is 10.0. The van der Waals surface area contributed by atoms with Gasteiger partial charge in [0.05, 0.1) is 29.4 Å². The molecule has 0 aliphatic rings. The highest BCUT2D eigenvalue weighted by molar-refractivity contribution is 7.99. The van der Waals surface area contributed by atoms with E-state index in [1.807, 2.05) is 26.8 Å². The third-order valence-corrected chi connectivity index (χ3v) is 6.04. The van der Waals surface area contributed by atoms with E-state index in [0.717, 1.165) is 18.6 Å². The van der Waals surface area contributed by atoms with E-state index in [-0.39, 0.29) is 23.0 Å². The minimum atomic E-state index is -0.871. The van der Waals surface area contributed by atoms with Gasteiger partial charge >= 0.3 is 0 Å². The summed E-state index contributed by atoms with van der Waals surface area (Å²) in [5.74, 6) is -0.100. The van der Waals surface area contributed by atoms with Crippen LogP contribution in [0.15, 0.2) is 47.1 Å². The second-order valence-corrected chi connectivity index (χ2v) is 9.36. The zero-order valence-electron chi connectivity index (χ0n) is 19.4. The maximum atomic E-state index is 14.0. The normalized spacial score (nSPS) is 12.9. The summed E-state index contributed by atoms with van der Waals surface area (Å²) in [7, 11) is 0. The van der Waals surface area contributed by atoms with Gasteiger partial charge in [-0.25, -0.2) is 4.39 Å². The van der Waals surface area contributed by atoms with E-state index in [2.05, 4.69) is 10.6 Å². The molecule has 1 aromatic carbocycles. The van der Waals surface area contributed by atoms with Crippen molar-refractivity contribution in [3.63, 3.8) is 0 Å². The van der Waals surface area contributed by atoms with Crippen molar-refractivity contribution in [2.75, 3.05) is 5.75 Å². The van der Waals surface area contributed by atoms with Crippen molar-refractivity contribution in [1.29, 1.82) is 0 Å². The largest absolute Gasteiger partial charge is 0.468 e. The molecule has 6 nitrogen and oxygen atoms in total. The molecule has 2 amide bonds. The number of amides is 2. The Balaban J connectivity index is 2.03. The maximum absolute atomic E-state index is 14.0. The van der Waals surface area contributed by atoms with Crippen molar-refractivity contribution in [3.05, 3.63) is 59.8 Å². The van der Waals surface area contributed by atoms with Crippen LogP contribution in [-0.4, -0.2) is 35.4 Å². The molecule has 0 bridgehead atoms. The molecule has 0 radical (unpaired) electrons. The summed E-state index contributed by atoms with van der Waals surface area (Å²) in [6, 6.07) is 7.78. The minimum Gasteiger partial charge on any atom is -0.468 e. The van der Waals surface area contributed by atoms with Gasteiger partial charge in [-0.15, -0.1) is 11.8 Å². The van der Waals surface area contributed by atoms with Gasteiger partial charge < -0.3 is 15.1 Å². The Labute approximate surface area is 199 Å². The molecule has 33 heavy (non-hydrogen) atoms. The SMILES string of the molecule is CCCCC(NC(=O)C(CC(C)C)NC(=O)c1ccccc1F)C(=O)CSCc1ccco1. The zero-order chi connectivity index (χ0) is 24.2. The van der Waals surface area contributed by atoms with Crippen LogP contribution >= 0.6 is 11.8 Å². The van der Waals surface area contributed by atoms with Gasteiger partial charge in [0.25, 0.3) is 5.91 Å². The second-order valence-electron chi connectivity index (χ2n) is 8.38. The van der Waals surface area contributed by atoms with Gasteiger partial charge in [-0.3, -0.25) is 14.4 Å². The van der Waals surface area contributed by atoms with Crippen LogP contribution in [0.4, 0.5) is 4.39 Å². The molecular weight excluding hydrogens is 443 g/mol. The first-order chi connectivity index (χ1) is 15.8. The Morgan fingerprint density at radius 3 is 2.45 bits per heavy atom. The lowest BCUT2D eigenvalue weighted by Crippen LogP contribution is -2.52. The van der Waals surface area contributed by atoms with Gasteiger partial charge in [-0.05, 0) is 43.0 Å². The van der Waals surface area contributed by atoms with E-state index in [9.17, 15) is 18.8 Å². The number of ketones is 1. The summed E-state index contributed by atoms with van der Waals surface area (Å²) >= 11 is 1.43. The van der Waals surface area contributed by atoms with Crippen LogP contribution < -0.4 is 10.6 Å². The number of Topliss-reactive ketones (excluding diaryl/α,β-unsaturated/α-hetero) is 1. The Morgan fingerprint density at radius 1 is 1.06 bits per heavy atom. The van der Waals surface area contributed by atoms with Crippen LogP contribution in [0.2, 0.25) is 0 Å². The number of furan rings is 1. The number of thioether (sulfide) groups is 1. The van der Waals surface area contributed by atoms with Crippen LogP contribution in [0.3, 0.4) is 0 Å². The Kier molecular flexibility index (Phi) is 11.2. The molecule has 0 aliphatic carbocycles. The van der Waals surface area contributed by atoms with Crippen molar-refractivity contribution in [3.8, 4) is 0 Å². The van der Waals surface area contributed by atoms with Gasteiger partial charge in [0.2, 0.25) is 5.91 Å². The molecule has 0 aliphatic heterocycles. The van der Waals surface area contributed by atoms with E-state index in [1.165, 1.54) is 30.0 Å². The number of carbonyl (C=O) groups excluding carboxylic acids is 3. The fraction of sp³-hybridized carbons (Fsp3) is 0.480. The highest BCUT2D eigenvalue weighted by Gasteiger charge is 2.28. The first kappa shape index (κ1) is 26.6. The smallest absolute Gasteiger partial charge is 0.254 e. The Bertz CT molecular complexity index is 902. The minimum absolute atomic E-state index is 0.0721. The average molecular weight is 477 g/mol. The second kappa shape index (κ2) is 13.8. The molecule has 0 saturated carbocycles. The number of halogens is 1. The van der Waals surface area contributed by atoms with E-state index in [0.29, 0.717) is 18.6 Å². The standard InChI is InChI=1S/C25H33FN2O4S/c1-4-5-12-21(23(29)16-33-15-18-9-8-13-32-18)27-25(31)22(14-17(2)3)28-24(30)19-10-6-7-11-20(19)26/h6-11,13,17,21-22H,4-5,12,14-16H2,1-3H3,(H,27,31)(H,28,30). The van der Waals surface area contributed by atoms with Crippen LogP contribution in [0.25, 0.3) is 0 Å². The average Bonchev–Trinajstić information content (AvgIpc) is 3.29. The molecule has 1 heterocycles. The topological polar surface area (TPSA) is 88.4 Å². The molecular formula is C25H33FN2O4S. The van der Waals surface area contributed by atoms with Gasteiger partial charge in [-0.2, -0.15) is 0 Å². The van der Waals surface area contributed by atoms with E-state index < -0.39 is 29.7 Å². The monoisotopic (exact) mass is 476 g/mol. The number of hydrogen-bond acceptors (Lipinski definition) is 5. The quantitative estimate of drug-likeness (QED) is 0.411. The summed E-state index contributed by atoms with van der Waals surface area (Å²) in [4.78, 5) is 38.5. The van der Waals surface area contributed by atoms with Gasteiger partial charge in [0, 0.05) is 0 Å². The zero-order valence-corrected chi connectivity index (χ0v) is 20.3.